The van der Waals surface area contributed by atoms with Crippen molar-refractivity contribution < 1.29 is 28.7 Å². The monoisotopic (exact) mass is 484 g/mol. The van der Waals surface area contributed by atoms with E-state index in [0.717, 1.165) is 21.6 Å². The van der Waals surface area contributed by atoms with Gasteiger partial charge in [-0.3, -0.25) is 14.9 Å². The number of imide groups is 2. The number of rotatable bonds is 6. The number of ether oxygens (including phenoxy) is 2. The second kappa shape index (κ2) is 10.3. The van der Waals surface area contributed by atoms with Crippen LogP contribution in [0.2, 0.25) is 0 Å². The van der Waals surface area contributed by atoms with Gasteiger partial charge in [-0.2, -0.15) is 0 Å². The van der Waals surface area contributed by atoms with Crippen molar-refractivity contribution >= 4 is 35.6 Å². The summed E-state index contributed by atoms with van der Waals surface area (Å²) in [4.78, 5) is 50.4. The molecule has 1 aliphatic rings. The number of methoxy groups -OCH3 is 1. The molecule has 36 heavy (non-hydrogen) atoms. The minimum absolute atomic E-state index is 0.199. The van der Waals surface area contributed by atoms with Gasteiger partial charge in [0.1, 0.15) is 17.9 Å². The van der Waals surface area contributed by atoms with Crippen LogP contribution in [0.25, 0.3) is 6.08 Å². The quantitative estimate of drug-likeness (QED) is 0.317. The maximum Gasteiger partial charge on any atom is 0.337 e. The average Bonchev–Trinajstić information content (AvgIpc) is 2.85. The number of nitrogens with one attached hydrogen (secondary N) is 1. The summed E-state index contributed by atoms with van der Waals surface area (Å²) in [5, 5.41) is 2.18. The van der Waals surface area contributed by atoms with Crippen molar-refractivity contribution in [1.29, 1.82) is 0 Å². The van der Waals surface area contributed by atoms with Crippen LogP contribution in [0.15, 0.2) is 72.3 Å². The van der Waals surface area contributed by atoms with Crippen molar-refractivity contribution in [1.82, 2.24) is 5.32 Å². The molecule has 8 heteroatoms. The van der Waals surface area contributed by atoms with Gasteiger partial charge < -0.3 is 9.47 Å². The zero-order valence-electron chi connectivity index (χ0n) is 20.0. The standard InChI is InChI=1S/C28H24N2O6/c1-17-12-18(2)14-20(13-17)16-36-23-10-4-19(5-11-23)15-24-25(31)29-28(34)30(26(24)32)22-8-6-21(7-9-22)27(33)35-3/h4-15H,16H2,1-3H3,(H,29,31,34)/b24-15+. The van der Waals surface area contributed by atoms with Crippen LogP contribution in [0.1, 0.15) is 32.6 Å². The Hall–Kier alpha value is -4.72. The number of amides is 4. The first-order valence-electron chi connectivity index (χ1n) is 11.1. The van der Waals surface area contributed by atoms with E-state index in [2.05, 4.69) is 28.3 Å². The number of barbiturate groups is 1. The number of anilines is 1. The molecular weight excluding hydrogens is 460 g/mol. The van der Waals surface area contributed by atoms with Gasteiger partial charge in [0, 0.05) is 0 Å². The maximum absolute atomic E-state index is 13.1. The normalized spacial score (nSPS) is 14.6. The molecule has 182 valence electrons. The van der Waals surface area contributed by atoms with Gasteiger partial charge in [0.2, 0.25) is 0 Å². The highest BCUT2D eigenvalue weighted by atomic mass is 16.5. The number of carbonyl (C=O) groups is 4. The summed E-state index contributed by atoms with van der Waals surface area (Å²) in [6.07, 6.45) is 1.41. The van der Waals surface area contributed by atoms with E-state index in [1.807, 2.05) is 13.8 Å². The molecule has 4 rings (SSSR count). The topological polar surface area (TPSA) is 102 Å². The van der Waals surface area contributed by atoms with Crippen LogP contribution in [0.5, 0.6) is 5.75 Å². The van der Waals surface area contributed by atoms with Gasteiger partial charge in [0.15, 0.2) is 0 Å². The second-order valence-corrected chi connectivity index (χ2v) is 8.35. The third-order valence-corrected chi connectivity index (χ3v) is 5.53. The number of aryl methyl sites for hydroxylation is 2. The highest BCUT2D eigenvalue weighted by Gasteiger charge is 2.36. The fourth-order valence-electron chi connectivity index (χ4n) is 3.90. The number of hydrogen-bond acceptors (Lipinski definition) is 6. The number of nitrogens with zero attached hydrogens (tertiary/aromatic N) is 1. The van der Waals surface area contributed by atoms with Crippen LogP contribution in [0.3, 0.4) is 0 Å². The summed E-state index contributed by atoms with van der Waals surface area (Å²) in [7, 11) is 1.25. The fraction of sp³-hybridized carbons (Fsp3) is 0.143. The third kappa shape index (κ3) is 5.33. The Morgan fingerprint density at radius 3 is 2.17 bits per heavy atom. The number of hydrogen-bond donors (Lipinski definition) is 1. The lowest BCUT2D eigenvalue weighted by molar-refractivity contribution is -0.122. The van der Waals surface area contributed by atoms with E-state index in [4.69, 9.17) is 4.74 Å². The van der Waals surface area contributed by atoms with Gasteiger partial charge in [0.25, 0.3) is 11.8 Å². The SMILES string of the molecule is COC(=O)c1ccc(N2C(=O)NC(=O)/C(=C\c3ccc(OCc4cc(C)cc(C)c4)cc3)C2=O)cc1. The summed E-state index contributed by atoms with van der Waals surface area (Å²) < 4.78 is 10.5. The molecular formula is C28H24N2O6. The number of esters is 1. The highest BCUT2D eigenvalue weighted by Crippen LogP contribution is 2.23. The largest absolute Gasteiger partial charge is 0.489 e. The molecule has 0 unspecified atom stereocenters. The van der Waals surface area contributed by atoms with Gasteiger partial charge in [-0.05, 0) is 67.4 Å². The molecule has 0 radical (unpaired) electrons. The van der Waals surface area contributed by atoms with Crippen molar-refractivity contribution in [2.75, 3.05) is 12.0 Å². The van der Waals surface area contributed by atoms with Crippen LogP contribution in [0.4, 0.5) is 10.5 Å². The third-order valence-electron chi connectivity index (χ3n) is 5.53. The lowest BCUT2D eigenvalue weighted by atomic mass is 10.1. The van der Waals surface area contributed by atoms with Crippen molar-refractivity contribution in [3.63, 3.8) is 0 Å². The predicted molar refractivity (Wildman–Crippen MR) is 133 cm³/mol. The van der Waals surface area contributed by atoms with Gasteiger partial charge >= 0.3 is 12.0 Å². The Morgan fingerprint density at radius 1 is 0.917 bits per heavy atom. The zero-order valence-corrected chi connectivity index (χ0v) is 20.0. The van der Waals surface area contributed by atoms with E-state index < -0.39 is 23.8 Å². The van der Waals surface area contributed by atoms with Crippen LogP contribution in [-0.4, -0.2) is 30.9 Å². The van der Waals surface area contributed by atoms with E-state index in [9.17, 15) is 19.2 Å². The fourth-order valence-corrected chi connectivity index (χ4v) is 3.90. The lowest BCUT2D eigenvalue weighted by Crippen LogP contribution is -2.54. The lowest BCUT2D eigenvalue weighted by Gasteiger charge is -2.26. The Balaban J connectivity index is 1.50. The summed E-state index contributed by atoms with van der Waals surface area (Å²) in [6.45, 7) is 4.48. The molecule has 3 aromatic carbocycles. The smallest absolute Gasteiger partial charge is 0.337 e. The molecule has 1 saturated heterocycles. The minimum Gasteiger partial charge on any atom is -0.489 e. The van der Waals surface area contributed by atoms with Crippen molar-refractivity contribution in [3.8, 4) is 5.75 Å². The van der Waals surface area contributed by atoms with Crippen LogP contribution in [-0.2, 0) is 20.9 Å². The van der Waals surface area contributed by atoms with Crippen molar-refractivity contribution in [2.24, 2.45) is 0 Å². The molecule has 0 bridgehead atoms. The highest BCUT2D eigenvalue weighted by molar-refractivity contribution is 6.39. The summed E-state index contributed by atoms with van der Waals surface area (Å²) in [5.41, 5.74) is 4.25. The molecule has 0 aromatic heterocycles. The Kier molecular flexibility index (Phi) is 6.96. The predicted octanol–water partition coefficient (Wildman–Crippen LogP) is 4.34. The van der Waals surface area contributed by atoms with Crippen LogP contribution >= 0.6 is 0 Å². The van der Waals surface area contributed by atoms with Gasteiger partial charge in [0.05, 0.1) is 18.4 Å². The van der Waals surface area contributed by atoms with Crippen LogP contribution in [0, 0.1) is 13.8 Å². The molecule has 1 fully saturated rings. The second-order valence-electron chi connectivity index (χ2n) is 8.35. The van der Waals surface area contributed by atoms with Gasteiger partial charge in [-0.1, -0.05) is 41.5 Å². The minimum atomic E-state index is -0.872. The summed E-state index contributed by atoms with van der Waals surface area (Å²) in [5.74, 6) is -1.47. The molecule has 0 aliphatic carbocycles. The van der Waals surface area contributed by atoms with Crippen molar-refractivity contribution in [3.05, 3.63) is 100 Å². The average molecular weight is 485 g/mol. The molecule has 0 spiro atoms. The van der Waals surface area contributed by atoms with E-state index in [-0.39, 0.29) is 16.8 Å². The van der Waals surface area contributed by atoms with Gasteiger partial charge in [-0.15, -0.1) is 0 Å². The Labute approximate surface area is 208 Å². The zero-order chi connectivity index (χ0) is 25.8. The van der Waals surface area contributed by atoms with Crippen LogP contribution < -0.4 is 15.0 Å². The summed E-state index contributed by atoms with van der Waals surface area (Å²) >= 11 is 0. The Bertz CT molecular complexity index is 1350. The summed E-state index contributed by atoms with van der Waals surface area (Å²) in [6, 6.07) is 18.0. The van der Waals surface area contributed by atoms with E-state index in [0.29, 0.717) is 17.9 Å². The van der Waals surface area contributed by atoms with Crippen molar-refractivity contribution in [2.45, 2.75) is 20.5 Å². The molecule has 1 aliphatic heterocycles. The first-order valence-corrected chi connectivity index (χ1v) is 11.1. The van der Waals surface area contributed by atoms with E-state index >= 15 is 0 Å². The molecule has 3 aromatic rings. The first-order chi connectivity index (χ1) is 17.2. The molecule has 1 N–H and O–H groups in total. The number of carbonyl (C=O) groups excluding carboxylic acids is 4. The molecule has 4 amide bonds. The number of urea groups is 1. The molecule has 0 atom stereocenters. The number of benzene rings is 3. The van der Waals surface area contributed by atoms with E-state index in [1.54, 1.807) is 24.3 Å². The molecule has 1 heterocycles. The maximum atomic E-state index is 13.1. The first kappa shape index (κ1) is 24.4. The molecule has 8 nitrogen and oxygen atoms in total. The van der Waals surface area contributed by atoms with Gasteiger partial charge in [-0.25, -0.2) is 14.5 Å². The molecule has 0 saturated carbocycles. The van der Waals surface area contributed by atoms with E-state index in [1.165, 1.54) is 37.5 Å². The Morgan fingerprint density at radius 2 is 1.56 bits per heavy atom.